The SMILES string of the molecule is CCN1CCN(C(=O)NS(=O)(=O)c2ccc(C)cc2)CC1.Cl. The monoisotopic (exact) mass is 347 g/mol. The largest absolute Gasteiger partial charge is 0.331 e. The Labute approximate surface area is 137 Å². The number of urea groups is 1. The Bertz CT molecular complexity index is 596. The molecule has 0 saturated carbocycles. The van der Waals surface area contributed by atoms with Crippen molar-refractivity contribution in [3.05, 3.63) is 29.8 Å². The molecular weight excluding hydrogens is 326 g/mol. The van der Waals surface area contributed by atoms with Crippen molar-refractivity contribution in [2.75, 3.05) is 32.7 Å². The summed E-state index contributed by atoms with van der Waals surface area (Å²) in [5.74, 6) is 0. The van der Waals surface area contributed by atoms with Gasteiger partial charge in [-0.05, 0) is 25.6 Å². The average molecular weight is 348 g/mol. The first-order valence-corrected chi connectivity index (χ1v) is 8.51. The number of likely N-dealkylation sites (N-methyl/N-ethyl adjacent to an activating group) is 1. The van der Waals surface area contributed by atoms with Crippen molar-refractivity contribution in [2.45, 2.75) is 18.7 Å². The molecular formula is C14H22ClN3O3S. The van der Waals surface area contributed by atoms with Crippen LogP contribution in [-0.2, 0) is 10.0 Å². The molecule has 0 radical (unpaired) electrons. The molecule has 0 spiro atoms. The molecule has 1 N–H and O–H groups in total. The van der Waals surface area contributed by atoms with Gasteiger partial charge in [0.15, 0.2) is 0 Å². The number of carbonyl (C=O) groups is 1. The van der Waals surface area contributed by atoms with Crippen molar-refractivity contribution >= 4 is 28.5 Å². The molecule has 0 bridgehead atoms. The number of rotatable bonds is 3. The van der Waals surface area contributed by atoms with E-state index in [0.717, 1.165) is 25.2 Å². The summed E-state index contributed by atoms with van der Waals surface area (Å²) >= 11 is 0. The predicted octanol–water partition coefficient (Wildman–Crippen LogP) is 1.45. The molecule has 2 amide bonds. The first kappa shape index (κ1) is 18.7. The number of halogens is 1. The van der Waals surface area contributed by atoms with Crippen molar-refractivity contribution in [3.63, 3.8) is 0 Å². The van der Waals surface area contributed by atoms with Crippen LogP contribution in [0.5, 0.6) is 0 Å². The normalized spacial score (nSPS) is 16.0. The minimum absolute atomic E-state index is 0. The number of amides is 2. The third-order valence-electron chi connectivity index (χ3n) is 3.66. The van der Waals surface area contributed by atoms with Gasteiger partial charge in [-0.15, -0.1) is 12.4 Å². The number of aryl methyl sites for hydroxylation is 1. The highest BCUT2D eigenvalue weighted by Crippen LogP contribution is 2.11. The third-order valence-corrected chi connectivity index (χ3v) is 5.00. The molecule has 1 aromatic carbocycles. The van der Waals surface area contributed by atoms with Crippen LogP contribution >= 0.6 is 12.4 Å². The Balaban J connectivity index is 0.00000242. The van der Waals surface area contributed by atoms with Crippen LogP contribution < -0.4 is 4.72 Å². The van der Waals surface area contributed by atoms with E-state index in [-0.39, 0.29) is 17.3 Å². The molecule has 0 aliphatic carbocycles. The van der Waals surface area contributed by atoms with Gasteiger partial charge in [-0.25, -0.2) is 17.9 Å². The van der Waals surface area contributed by atoms with Crippen LogP contribution in [-0.4, -0.2) is 57.0 Å². The molecule has 1 saturated heterocycles. The average Bonchev–Trinajstić information content (AvgIpc) is 2.47. The third kappa shape index (κ3) is 4.59. The molecule has 8 heteroatoms. The van der Waals surface area contributed by atoms with E-state index < -0.39 is 16.1 Å². The van der Waals surface area contributed by atoms with Gasteiger partial charge in [-0.1, -0.05) is 24.6 Å². The molecule has 2 rings (SSSR count). The molecule has 124 valence electrons. The molecule has 0 atom stereocenters. The molecule has 6 nitrogen and oxygen atoms in total. The Morgan fingerprint density at radius 1 is 1.14 bits per heavy atom. The maximum Gasteiger partial charge on any atom is 0.331 e. The lowest BCUT2D eigenvalue weighted by molar-refractivity contribution is 0.146. The zero-order chi connectivity index (χ0) is 15.5. The maximum absolute atomic E-state index is 12.1. The second-order valence-corrected chi connectivity index (χ2v) is 6.83. The highest BCUT2D eigenvalue weighted by atomic mass is 35.5. The van der Waals surface area contributed by atoms with Gasteiger partial charge in [0.25, 0.3) is 10.0 Å². The van der Waals surface area contributed by atoms with Crippen LogP contribution in [0.2, 0.25) is 0 Å². The van der Waals surface area contributed by atoms with Crippen molar-refractivity contribution in [2.24, 2.45) is 0 Å². The maximum atomic E-state index is 12.1. The van der Waals surface area contributed by atoms with Crippen LogP contribution in [0.3, 0.4) is 0 Å². The van der Waals surface area contributed by atoms with Gasteiger partial charge in [-0.2, -0.15) is 0 Å². The lowest BCUT2D eigenvalue weighted by Crippen LogP contribution is -2.52. The second-order valence-electron chi connectivity index (χ2n) is 5.15. The summed E-state index contributed by atoms with van der Waals surface area (Å²) in [5.41, 5.74) is 0.968. The molecule has 1 fully saturated rings. The highest BCUT2D eigenvalue weighted by molar-refractivity contribution is 7.90. The number of hydrogen-bond acceptors (Lipinski definition) is 4. The molecule has 0 aromatic heterocycles. The molecule has 22 heavy (non-hydrogen) atoms. The number of piperazine rings is 1. The molecule has 1 heterocycles. The number of nitrogens with one attached hydrogen (secondary N) is 1. The van der Waals surface area contributed by atoms with E-state index in [1.807, 2.05) is 6.92 Å². The fourth-order valence-electron chi connectivity index (χ4n) is 2.22. The zero-order valence-electron chi connectivity index (χ0n) is 12.8. The number of benzene rings is 1. The quantitative estimate of drug-likeness (QED) is 0.898. The minimum Gasteiger partial charge on any atom is -0.321 e. The van der Waals surface area contributed by atoms with E-state index in [2.05, 4.69) is 16.5 Å². The fourth-order valence-corrected chi connectivity index (χ4v) is 3.19. The van der Waals surface area contributed by atoms with Gasteiger partial charge >= 0.3 is 6.03 Å². The molecule has 1 aliphatic heterocycles. The van der Waals surface area contributed by atoms with Gasteiger partial charge < -0.3 is 9.80 Å². The number of sulfonamides is 1. The van der Waals surface area contributed by atoms with Gasteiger partial charge in [0.05, 0.1) is 4.90 Å². The van der Waals surface area contributed by atoms with Crippen molar-refractivity contribution < 1.29 is 13.2 Å². The first-order valence-electron chi connectivity index (χ1n) is 7.03. The number of carbonyl (C=O) groups excluding carboxylic acids is 1. The van der Waals surface area contributed by atoms with Crippen LogP contribution in [0.1, 0.15) is 12.5 Å². The lowest BCUT2D eigenvalue weighted by atomic mass is 10.2. The van der Waals surface area contributed by atoms with Gasteiger partial charge in [0, 0.05) is 26.2 Å². The zero-order valence-corrected chi connectivity index (χ0v) is 14.4. The summed E-state index contributed by atoms with van der Waals surface area (Å²) in [7, 11) is -3.80. The fraction of sp³-hybridized carbons (Fsp3) is 0.500. The van der Waals surface area contributed by atoms with Crippen LogP contribution in [0.15, 0.2) is 29.2 Å². The van der Waals surface area contributed by atoms with Crippen LogP contribution in [0.25, 0.3) is 0 Å². The lowest BCUT2D eigenvalue weighted by Gasteiger charge is -2.33. The van der Waals surface area contributed by atoms with E-state index in [1.165, 1.54) is 17.0 Å². The summed E-state index contributed by atoms with van der Waals surface area (Å²) in [6.45, 7) is 7.52. The van der Waals surface area contributed by atoms with E-state index >= 15 is 0 Å². The van der Waals surface area contributed by atoms with Crippen molar-refractivity contribution in [1.29, 1.82) is 0 Å². The standard InChI is InChI=1S/C14H21N3O3S.ClH/c1-3-16-8-10-17(11-9-16)14(18)15-21(19,20)13-6-4-12(2)5-7-13;/h4-7H,3,8-11H2,1-2H3,(H,15,18);1H. The first-order chi connectivity index (χ1) is 9.92. The van der Waals surface area contributed by atoms with Crippen molar-refractivity contribution in [3.8, 4) is 0 Å². The Morgan fingerprint density at radius 3 is 2.18 bits per heavy atom. The summed E-state index contributed by atoms with van der Waals surface area (Å²) in [6, 6.07) is 5.87. The Kier molecular flexibility index (Phi) is 6.65. The van der Waals surface area contributed by atoms with E-state index in [4.69, 9.17) is 0 Å². The Hall–Kier alpha value is -1.31. The van der Waals surface area contributed by atoms with E-state index in [9.17, 15) is 13.2 Å². The summed E-state index contributed by atoms with van der Waals surface area (Å²) in [4.78, 5) is 15.9. The Morgan fingerprint density at radius 2 is 1.68 bits per heavy atom. The number of nitrogens with zero attached hydrogens (tertiary/aromatic N) is 2. The highest BCUT2D eigenvalue weighted by Gasteiger charge is 2.24. The topological polar surface area (TPSA) is 69.7 Å². The molecule has 1 aromatic rings. The predicted molar refractivity (Wildman–Crippen MR) is 87.8 cm³/mol. The van der Waals surface area contributed by atoms with Crippen LogP contribution in [0, 0.1) is 6.92 Å². The van der Waals surface area contributed by atoms with Gasteiger partial charge in [0.2, 0.25) is 0 Å². The minimum atomic E-state index is -3.80. The van der Waals surface area contributed by atoms with Crippen LogP contribution in [0.4, 0.5) is 4.79 Å². The van der Waals surface area contributed by atoms with Crippen molar-refractivity contribution in [1.82, 2.24) is 14.5 Å². The summed E-state index contributed by atoms with van der Waals surface area (Å²) in [5, 5.41) is 0. The van der Waals surface area contributed by atoms with Gasteiger partial charge in [-0.3, -0.25) is 0 Å². The molecule has 1 aliphatic rings. The smallest absolute Gasteiger partial charge is 0.321 e. The van der Waals surface area contributed by atoms with Gasteiger partial charge in [0.1, 0.15) is 0 Å². The summed E-state index contributed by atoms with van der Waals surface area (Å²) < 4.78 is 26.4. The van der Waals surface area contributed by atoms with E-state index in [0.29, 0.717) is 13.1 Å². The van der Waals surface area contributed by atoms with E-state index in [1.54, 1.807) is 12.1 Å². The second kappa shape index (κ2) is 7.80. The summed E-state index contributed by atoms with van der Waals surface area (Å²) in [6.07, 6.45) is 0. The number of hydrogen-bond donors (Lipinski definition) is 1. The molecule has 0 unspecified atom stereocenters.